The van der Waals surface area contributed by atoms with Crippen LogP contribution in [0.4, 0.5) is 0 Å². The normalized spacial score (nSPS) is 16.7. The van der Waals surface area contributed by atoms with Gasteiger partial charge in [0, 0.05) is 36.3 Å². The number of carboxylic acid groups (broad SMARTS) is 1. The molecule has 1 atom stereocenters. The predicted octanol–water partition coefficient (Wildman–Crippen LogP) is 3.02. The highest BCUT2D eigenvalue weighted by molar-refractivity contribution is 5.95. The van der Waals surface area contributed by atoms with E-state index in [0.29, 0.717) is 13.0 Å². The van der Waals surface area contributed by atoms with Gasteiger partial charge in [0.05, 0.1) is 11.4 Å². The van der Waals surface area contributed by atoms with E-state index >= 15 is 0 Å². The summed E-state index contributed by atoms with van der Waals surface area (Å²) in [6.07, 6.45) is 5.48. The predicted molar refractivity (Wildman–Crippen MR) is 97.6 cm³/mol. The molecular formula is C17H18Cl2N2O3. The van der Waals surface area contributed by atoms with Crippen LogP contribution in [0, 0.1) is 5.92 Å². The molecule has 1 aromatic heterocycles. The fourth-order valence-electron chi connectivity index (χ4n) is 2.69. The maximum atomic E-state index is 12.1. The van der Waals surface area contributed by atoms with Crippen LogP contribution in [0.1, 0.15) is 12.0 Å². The van der Waals surface area contributed by atoms with Gasteiger partial charge in [-0.25, -0.2) is 0 Å². The number of halogens is 2. The van der Waals surface area contributed by atoms with Crippen molar-refractivity contribution in [1.82, 2.24) is 9.88 Å². The van der Waals surface area contributed by atoms with E-state index < -0.39 is 11.9 Å². The Labute approximate surface area is 152 Å². The molecule has 0 aliphatic carbocycles. The van der Waals surface area contributed by atoms with E-state index in [4.69, 9.17) is 5.11 Å². The van der Waals surface area contributed by atoms with Gasteiger partial charge >= 0.3 is 5.97 Å². The zero-order chi connectivity index (χ0) is 15.5. The molecule has 3 rings (SSSR count). The van der Waals surface area contributed by atoms with E-state index in [1.54, 1.807) is 17.2 Å². The molecule has 0 spiro atoms. The summed E-state index contributed by atoms with van der Waals surface area (Å²) < 4.78 is 0. The Balaban J connectivity index is 0.00000144. The number of aliphatic carboxylic acids is 1. The highest BCUT2D eigenvalue weighted by Crippen LogP contribution is 2.19. The zero-order valence-electron chi connectivity index (χ0n) is 12.8. The molecule has 1 unspecified atom stereocenters. The van der Waals surface area contributed by atoms with Crippen molar-refractivity contribution >= 4 is 53.7 Å². The van der Waals surface area contributed by atoms with Crippen LogP contribution < -0.4 is 0 Å². The minimum Gasteiger partial charge on any atom is -0.481 e. The lowest BCUT2D eigenvalue weighted by molar-refractivity contribution is -0.141. The highest BCUT2D eigenvalue weighted by Gasteiger charge is 2.29. The number of hydrogen-bond acceptors (Lipinski definition) is 3. The molecule has 1 N–H and O–H groups in total. The summed E-state index contributed by atoms with van der Waals surface area (Å²) >= 11 is 0. The highest BCUT2D eigenvalue weighted by atomic mass is 35.5. The van der Waals surface area contributed by atoms with Crippen molar-refractivity contribution in [2.24, 2.45) is 5.92 Å². The lowest BCUT2D eigenvalue weighted by Gasteiger charge is -2.12. The molecule has 1 saturated heterocycles. The molecule has 1 aliphatic heterocycles. The van der Waals surface area contributed by atoms with Gasteiger partial charge in [-0.1, -0.05) is 24.3 Å². The molecule has 1 amide bonds. The molecule has 1 aromatic carbocycles. The van der Waals surface area contributed by atoms with Gasteiger partial charge in [0.1, 0.15) is 0 Å². The summed E-state index contributed by atoms with van der Waals surface area (Å²) in [6, 6.07) is 9.64. The Morgan fingerprint density at radius 3 is 2.67 bits per heavy atom. The maximum absolute atomic E-state index is 12.1. The average molecular weight is 369 g/mol. The fourth-order valence-corrected chi connectivity index (χ4v) is 2.69. The summed E-state index contributed by atoms with van der Waals surface area (Å²) in [6.45, 7) is 0.778. The number of carbonyl (C=O) groups is 2. The summed E-state index contributed by atoms with van der Waals surface area (Å²) in [4.78, 5) is 29.0. The number of nitrogens with zero attached hydrogens (tertiary/aromatic N) is 2. The third-order valence-electron chi connectivity index (χ3n) is 3.92. The zero-order valence-corrected chi connectivity index (χ0v) is 14.4. The minimum absolute atomic E-state index is 0. The number of fused-ring (bicyclic) bond motifs is 1. The van der Waals surface area contributed by atoms with E-state index in [9.17, 15) is 9.59 Å². The topological polar surface area (TPSA) is 70.5 Å². The van der Waals surface area contributed by atoms with Crippen LogP contribution in [0.3, 0.4) is 0 Å². The van der Waals surface area contributed by atoms with Gasteiger partial charge in [-0.2, -0.15) is 0 Å². The SMILES string of the molecule is Cl.Cl.O=C(O)C1CCN(C(=O)/C=C/c2cccc3cccnc23)C1. The molecule has 7 heteroatoms. The second-order valence-corrected chi connectivity index (χ2v) is 5.36. The number of amides is 1. The van der Waals surface area contributed by atoms with Gasteiger partial charge in [0.15, 0.2) is 0 Å². The Morgan fingerprint density at radius 1 is 1.21 bits per heavy atom. The number of para-hydroxylation sites is 1. The quantitative estimate of drug-likeness (QED) is 0.845. The molecule has 1 aliphatic rings. The average Bonchev–Trinajstić information content (AvgIpc) is 3.03. The van der Waals surface area contributed by atoms with Crippen molar-refractivity contribution in [2.75, 3.05) is 13.1 Å². The molecule has 0 radical (unpaired) electrons. The first-order valence-corrected chi connectivity index (χ1v) is 7.18. The second kappa shape index (κ2) is 8.66. The number of benzene rings is 1. The molecule has 0 bridgehead atoms. The van der Waals surface area contributed by atoms with Crippen molar-refractivity contribution in [3.8, 4) is 0 Å². The largest absolute Gasteiger partial charge is 0.481 e. The number of rotatable bonds is 3. The number of carbonyl (C=O) groups excluding carboxylic acids is 1. The smallest absolute Gasteiger partial charge is 0.308 e. The molecule has 0 saturated carbocycles. The third kappa shape index (κ3) is 4.24. The second-order valence-electron chi connectivity index (χ2n) is 5.36. The summed E-state index contributed by atoms with van der Waals surface area (Å²) in [5, 5.41) is 9.99. The minimum atomic E-state index is -0.836. The van der Waals surface area contributed by atoms with Crippen LogP contribution in [-0.4, -0.2) is 40.0 Å². The summed E-state index contributed by atoms with van der Waals surface area (Å²) in [5.41, 5.74) is 1.72. The van der Waals surface area contributed by atoms with Crippen molar-refractivity contribution in [3.05, 3.63) is 48.2 Å². The molecule has 2 aromatic rings. The number of hydrogen-bond donors (Lipinski definition) is 1. The van der Waals surface area contributed by atoms with E-state index in [-0.39, 0.29) is 37.3 Å². The van der Waals surface area contributed by atoms with Gasteiger partial charge in [-0.05, 0) is 18.6 Å². The Bertz CT molecular complexity index is 759. The van der Waals surface area contributed by atoms with Gasteiger partial charge in [0.25, 0.3) is 0 Å². The molecule has 128 valence electrons. The fraction of sp³-hybridized carbons (Fsp3) is 0.235. The number of carboxylic acids is 1. The number of likely N-dealkylation sites (tertiary alicyclic amines) is 1. The molecule has 1 fully saturated rings. The molecule has 5 nitrogen and oxygen atoms in total. The monoisotopic (exact) mass is 368 g/mol. The number of pyridine rings is 1. The lowest BCUT2D eigenvalue weighted by Crippen LogP contribution is -2.28. The van der Waals surface area contributed by atoms with Gasteiger partial charge < -0.3 is 10.0 Å². The first-order chi connectivity index (χ1) is 10.6. The molecular weight excluding hydrogens is 351 g/mol. The van der Waals surface area contributed by atoms with Crippen LogP contribution in [0.5, 0.6) is 0 Å². The lowest BCUT2D eigenvalue weighted by atomic mass is 10.1. The Hall–Kier alpha value is -2.11. The first kappa shape index (κ1) is 19.9. The van der Waals surface area contributed by atoms with E-state index in [1.807, 2.05) is 30.3 Å². The van der Waals surface area contributed by atoms with Gasteiger partial charge in [-0.15, -0.1) is 24.8 Å². The van der Waals surface area contributed by atoms with Gasteiger partial charge in [-0.3, -0.25) is 14.6 Å². The van der Waals surface area contributed by atoms with Crippen LogP contribution in [-0.2, 0) is 9.59 Å². The standard InChI is InChI=1S/C17H16N2O3.2ClH/c20-15(19-10-8-14(11-19)17(21)22)7-6-13-4-1-3-12-5-2-9-18-16(12)13;;/h1-7,9,14H,8,10-11H2,(H,21,22);2*1H/b7-6+;;. The number of aromatic nitrogens is 1. The van der Waals surface area contributed by atoms with Crippen molar-refractivity contribution in [1.29, 1.82) is 0 Å². The van der Waals surface area contributed by atoms with Crippen molar-refractivity contribution in [2.45, 2.75) is 6.42 Å². The van der Waals surface area contributed by atoms with Crippen molar-refractivity contribution < 1.29 is 14.7 Å². The van der Waals surface area contributed by atoms with Crippen LogP contribution in [0.2, 0.25) is 0 Å². The van der Waals surface area contributed by atoms with Gasteiger partial charge in [0.2, 0.25) is 5.91 Å². The first-order valence-electron chi connectivity index (χ1n) is 7.18. The summed E-state index contributed by atoms with van der Waals surface area (Å²) in [5.74, 6) is -1.44. The van der Waals surface area contributed by atoms with Crippen LogP contribution in [0.15, 0.2) is 42.6 Å². The molecule has 2 heterocycles. The third-order valence-corrected chi connectivity index (χ3v) is 3.92. The molecule has 24 heavy (non-hydrogen) atoms. The maximum Gasteiger partial charge on any atom is 0.308 e. The van der Waals surface area contributed by atoms with Crippen molar-refractivity contribution in [3.63, 3.8) is 0 Å². The van der Waals surface area contributed by atoms with Crippen LogP contribution >= 0.6 is 24.8 Å². The Morgan fingerprint density at radius 2 is 1.96 bits per heavy atom. The van der Waals surface area contributed by atoms with E-state index in [2.05, 4.69) is 4.98 Å². The summed E-state index contributed by atoms with van der Waals surface area (Å²) in [7, 11) is 0. The van der Waals surface area contributed by atoms with E-state index in [0.717, 1.165) is 16.5 Å². The van der Waals surface area contributed by atoms with E-state index in [1.165, 1.54) is 6.08 Å². The van der Waals surface area contributed by atoms with Crippen LogP contribution in [0.25, 0.3) is 17.0 Å². The Kier molecular flexibility index (Phi) is 7.19.